The normalized spacial score (nSPS) is 17.1. The van der Waals surface area contributed by atoms with Gasteiger partial charge < -0.3 is 14.9 Å². The van der Waals surface area contributed by atoms with Crippen molar-refractivity contribution in [3.63, 3.8) is 0 Å². The number of carbonyl (C=O) groups excluding carboxylic acids is 1. The minimum atomic E-state index is -1.12. The van der Waals surface area contributed by atoms with Crippen LogP contribution in [-0.4, -0.2) is 56.5 Å². The predicted octanol–water partition coefficient (Wildman–Crippen LogP) is 10.8. The number of likely N-dealkylation sites (tertiary alicyclic amines) is 1. The Labute approximate surface area is 354 Å². The first-order chi connectivity index (χ1) is 28.9. The van der Waals surface area contributed by atoms with E-state index in [4.69, 9.17) is 4.98 Å². The number of nitrogens with zero attached hydrogens (tertiary/aromatic N) is 4. The van der Waals surface area contributed by atoms with Crippen LogP contribution in [0.4, 0.5) is 0 Å². The monoisotopic (exact) mass is 812 g/mol. The van der Waals surface area contributed by atoms with Crippen molar-refractivity contribution in [1.29, 1.82) is 0 Å². The molecule has 0 radical (unpaired) electrons. The molecular weight excluding hydrogens is 765 g/mol. The van der Waals surface area contributed by atoms with Gasteiger partial charge in [-0.2, -0.15) is 0 Å². The highest BCUT2D eigenvalue weighted by molar-refractivity contribution is 7.12. The number of thiazole rings is 2. The number of aromatic nitrogens is 2. The third-order valence-electron chi connectivity index (χ3n) is 13.0. The smallest absolute Gasteiger partial charge is 0.254 e. The molecule has 2 aliphatic carbocycles. The van der Waals surface area contributed by atoms with Gasteiger partial charge in [0.2, 0.25) is 0 Å². The van der Waals surface area contributed by atoms with Crippen LogP contribution in [0, 0.1) is 13.8 Å². The molecule has 296 valence electrons. The third-order valence-corrected chi connectivity index (χ3v) is 15.1. The van der Waals surface area contributed by atoms with Crippen LogP contribution in [0.15, 0.2) is 134 Å². The molecule has 59 heavy (non-hydrogen) atoms. The van der Waals surface area contributed by atoms with Gasteiger partial charge in [-0.3, -0.25) is 4.79 Å². The van der Waals surface area contributed by atoms with Gasteiger partial charge in [0.05, 0.1) is 5.41 Å². The molecule has 1 fully saturated rings. The Kier molecular flexibility index (Phi) is 9.92. The number of aryl methyl sites for hydroxylation is 2. The van der Waals surface area contributed by atoms with Crippen LogP contribution in [-0.2, 0) is 17.6 Å². The third kappa shape index (κ3) is 6.40. The van der Waals surface area contributed by atoms with Gasteiger partial charge >= 0.3 is 0 Å². The van der Waals surface area contributed by atoms with Gasteiger partial charge in [-0.1, -0.05) is 122 Å². The van der Waals surface area contributed by atoms with Gasteiger partial charge in [-0.05, 0) is 91.1 Å². The van der Waals surface area contributed by atoms with Crippen LogP contribution in [0.1, 0.15) is 90.0 Å². The van der Waals surface area contributed by atoms with E-state index in [9.17, 15) is 9.90 Å². The van der Waals surface area contributed by atoms with E-state index < -0.39 is 5.60 Å². The Morgan fingerprint density at radius 1 is 0.627 bits per heavy atom. The quantitative estimate of drug-likeness (QED) is 0.155. The summed E-state index contributed by atoms with van der Waals surface area (Å²) in [5, 5.41) is 13.4. The summed E-state index contributed by atoms with van der Waals surface area (Å²) >= 11 is 3.40. The van der Waals surface area contributed by atoms with Crippen molar-refractivity contribution in [3.8, 4) is 22.3 Å². The molecule has 8 heteroatoms. The molecule has 7 aromatic rings. The molecule has 1 N–H and O–H groups in total. The van der Waals surface area contributed by atoms with E-state index in [0.717, 1.165) is 89.6 Å². The van der Waals surface area contributed by atoms with E-state index in [0.29, 0.717) is 6.04 Å². The van der Waals surface area contributed by atoms with Gasteiger partial charge in [-0.25, -0.2) is 9.97 Å². The van der Waals surface area contributed by atoms with Crippen LogP contribution in [0.5, 0.6) is 0 Å². The van der Waals surface area contributed by atoms with E-state index in [1.54, 1.807) is 11.3 Å². The number of fused-ring (bicyclic) bond motifs is 7. The van der Waals surface area contributed by atoms with E-state index in [1.165, 1.54) is 44.1 Å². The second-order valence-electron chi connectivity index (χ2n) is 16.5. The maximum Gasteiger partial charge on any atom is 0.254 e. The largest absolute Gasteiger partial charge is 0.374 e. The van der Waals surface area contributed by atoms with E-state index >= 15 is 0 Å². The summed E-state index contributed by atoms with van der Waals surface area (Å²) in [4.78, 5) is 29.5. The zero-order chi connectivity index (χ0) is 40.1. The molecule has 2 aromatic heterocycles. The summed E-state index contributed by atoms with van der Waals surface area (Å²) < 4.78 is 0. The first kappa shape index (κ1) is 38.0. The number of aliphatic hydroxyl groups is 1. The molecule has 2 aliphatic heterocycles. The number of amides is 1. The summed E-state index contributed by atoms with van der Waals surface area (Å²) in [5.74, 6) is 0.226. The highest BCUT2D eigenvalue weighted by Gasteiger charge is 2.47. The van der Waals surface area contributed by atoms with Crippen molar-refractivity contribution in [3.05, 3.63) is 187 Å². The molecule has 4 aliphatic rings. The highest BCUT2D eigenvalue weighted by Crippen LogP contribution is 2.56. The number of benzene rings is 5. The molecule has 0 bridgehead atoms. The lowest BCUT2D eigenvalue weighted by atomic mass is 9.74. The lowest BCUT2D eigenvalue weighted by molar-refractivity contribution is 0.0595. The average Bonchev–Trinajstić information content (AvgIpc) is 4.10. The van der Waals surface area contributed by atoms with Crippen molar-refractivity contribution >= 4 is 28.6 Å². The van der Waals surface area contributed by atoms with Crippen molar-refractivity contribution in [1.82, 2.24) is 19.8 Å². The number of hydrogen-bond donors (Lipinski definition) is 1. The fourth-order valence-corrected chi connectivity index (χ4v) is 12.1. The number of hydrogen-bond acceptors (Lipinski definition) is 7. The Morgan fingerprint density at radius 2 is 1.10 bits per heavy atom. The Hall–Kier alpha value is -5.25. The molecule has 1 amide bonds. The number of carbonyl (C=O) groups is 1. The summed E-state index contributed by atoms with van der Waals surface area (Å²) in [6.45, 7) is 8.23. The Bertz CT molecular complexity index is 2580. The molecule has 11 rings (SSSR count). The molecule has 4 heterocycles. The number of rotatable bonds is 8. The van der Waals surface area contributed by atoms with Crippen LogP contribution >= 0.6 is 22.7 Å². The SMILES string of the molecule is Cc1cnc(C2(CCCCN3CCC(N4Cc5ccccc5C4=O)CC3)c3ccccc3-c3ccccc32)s1.Cc1cnc(C2(O)c3ccccc3-c3ccccc32)s1. The van der Waals surface area contributed by atoms with Crippen LogP contribution in [0.25, 0.3) is 22.3 Å². The van der Waals surface area contributed by atoms with Gasteiger partial charge in [0.1, 0.15) is 10.0 Å². The zero-order valence-electron chi connectivity index (χ0n) is 33.6. The fourth-order valence-electron chi connectivity index (χ4n) is 10.2. The highest BCUT2D eigenvalue weighted by atomic mass is 32.1. The summed E-state index contributed by atoms with van der Waals surface area (Å²) in [6.07, 6.45) is 9.41. The summed E-state index contributed by atoms with van der Waals surface area (Å²) in [7, 11) is 0. The lowest BCUT2D eigenvalue weighted by Crippen LogP contribution is -2.45. The van der Waals surface area contributed by atoms with Gasteiger partial charge in [0.25, 0.3) is 5.91 Å². The predicted molar refractivity (Wildman–Crippen MR) is 239 cm³/mol. The maximum atomic E-state index is 12.9. The van der Waals surface area contributed by atoms with Gasteiger partial charge in [0, 0.05) is 64.5 Å². The van der Waals surface area contributed by atoms with Crippen LogP contribution < -0.4 is 0 Å². The summed E-state index contributed by atoms with van der Waals surface area (Å²) in [6, 6.07) is 42.5. The van der Waals surface area contributed by atoms with E-state index in [1.807, 2.05) is 85.3 Å². The van der Waals surface area contributed by atoms with Crippen LogP contribution in [0.3, 0.4) is 0 Å². The Morgan fingerprint density at radius 3 is 1.63 bits per heavy atom. The van der Waals surface area contributed by atoms with Gasteiger partial charge in [-0.15, -0.1) is 22.7 Å². The topological polar surface area (TPSA) is 69.6 Å². The molecule has 0 spiro atoms. The summed E-state index contributed by atoms with van der Waals surface area (Å²) in [5.41, 5.74) is 10.4. The lowest BCUT2D eigenvalue weighted by Gasteiger charge is -2.37. The standard InChI is InChI=1S/C34H35N3OS.C17H13NOS/c1-24-22-35-33(39-24)34(30-14-6-4-12-28(30)29-13-5-7-15-31(29)34)18-8-9-19-36-20-16-26(17-21-36)37-23-25-10-2-3-11-27(25)32(37)38;1-11-10-18-16(20-11)17(19)14-8-4-2-6-12(14)13-7-3-5-9-15(13)17/h2-7,10-15,22,26H,8-9,16-21,23H2,1H3;2-10,19H,1H3. The van der Waals surface area contributed by atoms with E-state index in [2.05, 4.69) is 88.4 Å². The van der Waals surface area contributed by atoms with Crippen molar-refractivity contribution in [2.45, 2.75) is 69.6 Å². The molecule has 0 saturated carbocycles. The second kappa shape index (κ2) is 15.4. The van der Waals surface area contributed by atoms with E-state index in [-0.39, 0.29) is 11.3 Å². The van der Waals surface area contributed by atoms with Crippen molar-refractivity contribution < 1.29 is 9.90 Å². The first-order valence-corrected chi connectivity index (χ1v) is 22.6. The van der Waals surface area contributed by atoms with Crippen molar-refractivity contribution in [2.24, 2.45) is 0 Å². The fraction of sp³-hybridized carbons (Fsp3) is 0.275. The molecule has 1 saturated heterocycles. The molecule has 5 aromatic carbocycles. The Balaban J connectivity index is 0.000000176. The number of unbranched alkanes of at least 4 members (excludes halogenated alkanes) is 1. The minimum absolute atomic E-state index is 0.162. The van der Waals surface area contributed by atoms with Gasteiger partial charge in [0.15, 0.2) is 5.60 Å². The molecule has 0 atom stereocenters. The first-order valence-electron chi connectivity index (χ1n) is 20.9. The maximum absolute atomic E-state index is 12.9. The zero-order valence-corrected chi connectivity index (χ0v) is 35.2. The van der Waals surface area contributed by atoms with Crippen molar-refractivity contribution in [2.75, 3.05) is 19.6 Å². The number of piperidine rings is 1. The van der Waals surface area contributed by atoms with Crippen LogP contribution in [0.2, 0.25) is 0 Å². The molecule has 6 nitrogen and oxygen atoms in total. The minimum Gasteiger partial charge on any atom is -0.374 e. The average molecular weight is 813 g/mol. The molecular formula is C51H48N4O2S2. The molecule has 0 unspecified atom stereocenters. The second-order valence-corrected chi connectivity index (χ2v) is 18.9.